The number of aromatic nitrogens is 3. The summed E-state index contributed by atoms with van der Waals surface area (Å²) in [7, 11) is 0. The molecule has 0 aliphatic rings. The van der Waals surface area contributed by atoms with Gasteiger partial charge in [0.25, 0.3) is 0 Å². The van der Waals surface area contributed by atoms with Crippen molar-refractivity contribution in [3.8, 4) is 56.4 Å². The first-order valence-corrected chi connectivity index (χ1v) is 19.3. The Morgan fingerprint density at radius 1 is 0.309 bits per heavy atom. The molecule has 0 saturated carbocycles. The molecular formula is C51H31N3S. The lowest BCUT2D eigenvalue weighted by molar-refractivity contribution is 1.08. The molecule has 0 amide bonds. The summed E-state index contributed by atoms with van der Waals surface area (Å²) < 4.78 is 2.41. The molecule has 0 unspecified atom stereocenters. The number of hydrogen-bond acceptors (Lipinski definition) is 4. The fraction of sp³-hybridized carbons (Fsp3) is 0. The average Bonchev–Trinajstić information content (AvgIpc) is 3.64. The zero-order valence-electron chi connectivity index (χ0n) is 29.6. The van der Waals surface area contributed by atoms with E-state index in [1.807, 2.05) is 0 Å². The number of fused-ring (bicyclic) bond motifs is 6. The molecule has 3 nitrogen and oxygen atoms in total. The molecule has 11 rings (SSSR count). The lowest BCUT2D eigenvalue weighted by Gasteiger charge is -2.17. The molecule has 256 valence electrons. The highest BCUT2D eigenvalue weighted by Gasteiger charge is 2.22. The second kappa shape index (κ2) is 12.8. The van der Waals surface area contributed by atoms with Crippen LogP contribution in [0.2, 0.25) is 0 Å². The Balaban J connectivity index is 1.23. The lowest BCUT2D eigenvalue weighted by Crippen LogP contribution is -2.02. The van der Waals surface area contributed by atoms with Gasteiger partial charge in [0.1, 0.15) is 0 Å². The zero-order chi connectivity index (χ0) is 36.3. The van der Waals surface area contributed by atoms with Gasteiger partial charge in [-0.1, -0.05) is 170 Å². The van der Waals surface area contributed by atoms with Gasteiger partial charge in [-0.3, -0.25) is 0 Å². The number of thiophene rings is 1. The quantitative estimate of drug-likeness (QED) is 0.178. The monoisotopic (exact) mass is 717 g/mol. The van der Waals surface area contributed by atoms with E-state index >= 15 is 0 Å². The van der Waals surface area contributed by atoms with Crippen LogP contribution in [0.15, 0.2) is 188 Å². The molecule has 2 aromatic heterocycles. The van der Waals surface area contributed by atoms with Gasteiger partial charge in [0.15, 0.2) is 17.5 Å². The first-order valence-electron chi connectivity index (χ1n) is 18.5. The van der Waals surface area contributed by atoms with Crippen LogP contribution in [-0.2, 0) is 0 Å². The van der Waals surface area contributed by atoms with Crippen LogP contribution in [-0.4, -0.2) is 15.0 Å². The second-order valence-electron chi connectivity index (χ2n) is 13.9. The minimum absolute atomic E-state index is 0.638. The summed E-state index contributed by atoms with van der Waals surface area (Å²) in [6.45, 7) is 0. The standard InChI is InChI=1S/C51H31N3S/c1-2-16-35-31-36(28-27-32(35)13-1)39-30-29-34-15-4-6-19-38(34)47(39)51-53-49(44-22-8-7-20-41(44)40-23-11-17-33-14-3-5-18-37(33)40)52-50(54-51)45-25-12-24-43-42-21-9-10-26-46(42)55-48(43)45/h1-31H. The summed E-state index contributed by atoms with van der Waals surface area (Å²) in [5, 5.41) is 9.46. The molecular weight excluding hydrogens is 687 g/mol. The van der Waals surface area contributed by atoms with Crippen molar-refractivity contribution in [1.82, 2.24) is 15.0 Å². The number of hydrogen-bond donors (Lipinski definition) is 0. The van der Waals surface area contributed by atoms with E-state index in [9.17, 15) is 0 Å². The van der Waals surface area contributed by atoms with E-state index in [2.05, 4.69) is 188 Å². The van der Waals surface area contributed by atoms with Crippen LogP contribution in [0.3, 0.4) is 0 Å². The Morgan fingerprint density at radius 3 is 1.71 bits per heavy atom. The maximum Gasteiger partial charge on any atom is 0.165 e. The van der Waals surface area contributed by atoms with Gasteiger partial charge in [-0.15, -0.1) is 11.3 Å². The third-order valence-electron chi connectivity index (χ3n) is 10.7. The molecule has 0 spiro atoms. The molecule has 55 heavy (non-hydrogen) atoms. The van der Waals surface area contributed by atoms with Gasteiger partial charge in [-0.2, -0.15) is 0 Å². The Morgan fingerprint density at radius 2 is 0.855 bits per heavy atom. The average molecular weight is 718 g/mol. The fourth-order valence-corrected chi connectivity index (χ4v) is 9.35. The van der Waals surface area contributed by atoms with Crippen molar-refractivity contribution in [3.05, 3.63) is 188 Å². The maximum absolute atomic E-state index is 5.47. The van der Waals surface area contributed by atoms with Crippen LogP contribution >= 0.6 is 11.3 Å². The van der Waals surface area contributed by atoms with Crippen molar-refractivity contribution in [2.24, 2.45) is 0 Å². The Hall–Kier alpha value is -7.01. The van der Waals surface area contributed by atoms with Crippen molar-refractivity contribution in [2.75, 3.05) is 0 Å². The van der Waals surface area contributed by atoms with E-state index in [-0.39, 0.29) is 0 Å². The predicted molar refractivity (Wildman–Crippen MR) is 232 cm³/mol. The SMILES string of the molecule is c1ccc(-c2cccc3ccccc23)c(-c2nc(-c3c(-c4ccc5ccccc5c4)ccc4ccccc34)nc(-c3cccc4c3sc3ccccc34)n2)c1. The van der Waals surface area contributed by atoms with Crippen molar-refractivity contribution in [3.63, 3.8) is 0 Å². The van der Waals surface area contributed by atoms with E-state index in [1.165, 1.54) is 41.7 Å². The molecule has 0 bridgehead atoms. The number of benzene rings is 9. The second-order valence-corrected chi connectivity index (χ2v) is 15.0. The van der Waals surface area contributed by atoms with Crippen LogP contribution in [0.4, 0.5) is 0 Å². The third kappa shape index (κ3) is 5.30. The molecule has 0 radical (unpaired) electrons. The predicted octanol–water partition coefficient (Wildman–Crippen LogP) is 14.0. The van der Waals surface area contributed by atoms with Gasteiger partial charge in [0.05, 0.1) is 0 Å². The molecule has 4 heteroatoms. The smallest absolute Gasteiger partial charge is 0.165 e. The van der Waals surface area contributed by atoms with Crippen LogP contribution in [0.1, 0.15) is 0 Å². The largest absolute Gasteiger partial charge is 0.208 e. The highest BCUT2D eigenvalue weighted by molar-refractivity contribution is 7.26. The zero-order valence-corrected chi connectivity index (χ0v) is 30.5. The number of nitrogens with zero attached hydrogens (tertiary/aromatic N) is 3. The highest BCUT2D eigenvalue weighted by Crippen LogP contribution is 2.43. The Labute approximate surface area is 321 Å². The maximum atomic E-state index is 5.47. The van der Waals surface area contributed by atoms with Crippen molar-refractivity contribution < 1.29 is 0 Å². The van der Waals surface area contributed by atoms with E-state index in [1.54, 1.807) is 11.3 Å². The molecule has 0 aliphatic carbocycles. The molecule has 0 aliphatic heterocycles. The first kappa shape index (κ1) is 31.5. The summed E-state index contributed by atoms with van der Waals surface area (Å²) in [5.41, 5.74) is 7.37. The summed E-state index contributed by atoms with van der Waals surface area (Å²) in [6, 6.07) is 66.9. The van der Waals surface area contributed by atoms with E-state index in [4.69, 9.17) is 15.0 Å². The molecule has 0 saturated heterocycles. The Bertz CT molecular complexity index is 3280. The van der Waals surface area contributed by atoms with Crippen LogP contribution in [0.25, 0.3) is 109 Å². The van der Waals surface area contributed by atoms with E-state index in [0.29, 0.717) is 17.5 Å². The van der Waals surface area contributed by atoms with Crippen molar-refractivity contribution in [2.45, 2.75) is 0 Å². The summed E-state index contributed by atoms with van der Waals surface area (Å²) in [4.78, 5) is 16.3. The van der Waals surface area contributed by atoms with Crippen molar-refractivity contribution >= 4 is 63.8 Å². The topological polar surface area (TPSA) is 38.7 Å². The molecule has 11 aromatic rings. The van der Waals surface area contributed by atoms with Gasteiger partial charge < -0.3 is 0 Å². The van der Waals surface area contributed by atoms with Crippen molar-refractivity contribution in [1.29, 1.82) is 0 Å². The number of rotatable bonds is 5. The van der Waals surface area contributed by atoms with E-state index in [0.717, 1.165) is 49.7 Å². The highest BCUT2D eigenvalue weighted by atomic mass is 32.1. The van der Waals surface area contributed by atoms with Crippen LogP contribution in [0.5, 0.6) is 0 Å². The molecule has 0 fully saturated rings. The van der Waals surface area contributed by atoms with Gasteiger partial charge in [-0.05, 0) is 72.8 Å². The molecule has 0 N–H and O–H groups in total. The third-order valence-corrected chi connectivity index (χ3v) is 12.0. The minimum atomic E-state index is 0.638. The fourth-order valence-electron chi connectivity index (χ4n) is 8.14. The normalized spacial score (nSPS) is 11.6. The minimum Gasteiger partial charge on any atom is -0.208 e. The van der Waals surface area contributed by atoms with Gasteiger partial charge >= 0.3 is 0 Å². The summed E-state index contributed by atoms with van der Waals surface area (Å²) in [6.07, 6.45) is 0. The van der Waals surface area contributed by atoms with Gasteiger partial charge in [0, 0.05) is 36.9 Å². The van der Waals surface area contributed by atoms with Gasteiger partial charge in [-0.25, -0.2) is 15.0 Å². The van der Waals surface area contributed by atoms with E-state index < -0.39 is 0 Å². The summed E-state index contributed by atoms with van der Waals surface area (Å²) >= 11 is 1.79. The summed E-state index contributed by atoms with van der Waals surface area (Å²) in [5.74, 6) is 1.94. The Kier molecular flexibility index (Phi) is 7.35. The first-order chi connectivity index (χ1) is 27.3. The lowest BCUT2D eigenvalue weighted by atomic mass is 9.92. The molecule has 9 aromatic carbocycles. The van der Waals surface area contributed by atoms with Crippen LogP contribution < -0.4 is 0 Å². The van der Waals surface area contributed by atoms with Crippen LogP contribution in [0, 0.1) is 0 Å². The van der Waals surface area contributed by atoms with Gasteiger partial charge in [0.2, 0.25) is 0 Å². The molecule has 0 atom stereocenters. The molecule has 2 heterocycles.